The fraction of sp³-hybridized carbons (Fsp3) is 0.286. The van der Waals surface area contributed by atoms with E-state index in [-0.39, 0.29) is 5.75 Å². The lowest BCUT2D eigenvalue weighted by atomic mass is 10.0. The monoisotopic (exact) mass is 584 g/mol. The summed E-state index contributed by atoms with van der Waals surface area (Å²) in [6.45, 7) is 1.26. The van der Waals surface area contributed by atoms with Crippen molar-refractivity contribution < 1.29 is 36.6 Å². The van der Waals surface area contributed by atoms with Gasteiger partial charge in [0, 0.05) is 23.3 Å². The van der Waals surface area contributed by atoms with Crippen LogP contribution in [-0.2, 0) is 20.5 Å². The second-order valence-corrected chi connectivity index (χ2v) is 9.71. The minimum absolute atomic E-state index is 0.209. The van der Waals surface area contributed by atoms with Crippen molar-refractivity contribution in [3.63, 3.8) is 0 Å². The third kappa shape index (κ3) is 6.06. The number of nitrogens with one attached hydrogen (secondary N) is 2. The number of esters is 1. The third-order valence-corrected chi connectivity index (χ3v) is 6.72. The first-order chi connectivity index (χ1) is 20.0. The largest absolute Gasteiger partial charge is 0.481 e. The van der Waals surface area contributed by atoms with Crippen LogP contribution in [0.3, 0.4) is 0 Å². The van der Waals surface area contributed by atoms with Crippen LogP contribution in [0.25, 0.3) is 22.0 Å². The van der Waals surface area contributed by atoms with Crippen LogP contribution >= 0.6 is 0 Å². The van der Waals surface area contributed by atoms with Crippen molar-refractivity contribution in [3.05, 3.63) is 72.3 Å². The number of hydrogen-bond acceptors (Lipinski definition) is 9. The van der Waals surface area contributed by atoms with Crippen LogP contribution in [0.5, 0.6) is 5.75 Å². The lowest BCUT2D eigenvalue weighted by Gasteiger charge is -2.18. The Morgan fingerprint density at radius 3 is 2.33 bits per heavy atom. The average molecular weight is 585 g/mol. The van der Waals surface area contributed by atoms with Crippen LogP contribution in [0, 0.1) is 5.82 Å². The molecule has 4 aromatic rings. The predicted molar refractivity (Wildman–Crippen MR) is 142 cm³/mol. The highest BCUT2D eigenvalue weighted by Crippen LogP contribution is 2.37. The van der Waals surface area contributed by atoms with E-state index in [1.54, 1.807) is 31.2 Å². The molecule has 1 aliphatic carbocycles. The summed E-state index contributed by atoms with van der Waals surface area (Å²) in [5.74, 6) is -2.23. The number of hydrogen-bond donors (Lipinski definition) is 2. The number of nitrogens with zero attached hydrogens (tertiary/aromatic N) is 4. The molecule has 2 aromatic heterocycles. The number of anilines is 1. The van der Waals surface area contributed by atoms with Gasteiger partial charge in [-0.1, -0.05) is 12.1 Å². The molecule has 2 aromatic carbocycles. The van der Waals surface area contributed by atoms with Crippen molar-refractivity contribution >= 4 is 28.6 Å². The molecule has 0 spiro atoms. The van der Waals surface area contributed by atoms with Gasteiger partial charge in [-0.3, -0.25) is 4.79 Å². The molecule has 1 fully saturated rings. The summed E-state index contributed by atoms with van der Waals surface area (Å²) in [4.78, 5) is 40.1. The number of benzene rings is 2. The number of carbonyl (C=O) groups excluding carboxylic acids is 2. The summed E-state index contributed by atoms with van der Waals surface area (Å²) in [6, 6.07) is 8.54. The first-order valence-corrected chi connectivity index (χ1v) is 12.7. The summed E-state index contributed by atoms with van der Waals surface area (Å²) in [7, 11) is 1.24. The molecule has 14 heteroatoms. The summed E-state index contributed by atoms with van der Waals surface area (Å²) in [5.41, 5.74) is 0.877. The van der Waals surface area contributed by atoms with E-state index in [1.165, 1.54) is 25.6 Å². The molecular weight excluding hydrogens is 560 g/mol. The van der Waals surface area contributed by atoms with Crippen molar-refractivity contribution in [1.29, 1.82) is 0 Å². The molecule has 2 heterocycles. The number of halogens is 4. The van der Waals surface area contributed by atoms with Crippen molar-refractivity contribution in [2.24, 2.45) is 0 Å². The number of fused-ring (bicyclic) bond motifs is 1. The Morgan fingerprint density at radius 2 is 1.71 bits per heavy atom. The normalized spacial score (nSPS) is 14.6. The second kappa shape index (κ2) is 11.2. The van der Waals surface area contributed by atoms with E-state index in [9.17, 15) is 27.2 Å². The van der Waals surface area contributed by atoms with Crippen molar-refractivity contribution in [3.8, 4) is 16.9 Å². The number of alkyl halides is 3. The van der Waals surface area contributed by atoms with E-state index in [4.69, 9.17) is 9.47 Å². The lowest BCUT2D eigenvalue weighted by Crippen LogP contribution is -2.45. The molecule has 1 saturated carbocycles. The molecule has 0 radical (unpaired) electrons. The zero-order valence-corrected chi connectivity index (χ0v) is 22.3. The van der Waals surface area contributed by atoms with Crippen LogP contribution in [0.1, 0.15) is 37.2 Å². The molecule has 1 aliphatic rings. The highest BCUT2D eigenvalue weighted by molar-refractivity contribution is 5.97. The van der Waals surface area contributed by atoms with Gasteiger partial charge < -0.3 is 20.1 Å². The first kappa shape index (κ1) is 28.6. The number of rotatable bonds is 9. The van der Waals surface area contributed by atoms with E-state index < -0.39 is 47.9 Å². The van der Waals surface area contributed by atoms with Gasteiger partial charge in [0.05, 0.1) is 13.2 Å². The molecule has 0 saturated heterocycles. The Kier molecular flexibility index (Phi) is 7.63. The molecule has 1 unspecified atom stereocenters. The van der Waals surface area contributed by atoms with Crippen LogP contribution in [0.15, 0.2) is 55.1 Å². The van der Waals surface area contributed by atoms with Gasteiger partial charge in [-0.2, -0.15) is 13.2 Å². The van der Waals surface area contributed by atoms with Crippen LogP contribution in [0.2, 0.25) is 0 Å². The first-order valence-electron chi connectivity index (χ1n) is 12.7. The third-order valence-electron chi connectivity index (χ3n) is 6.72. The quantitative estimate of drug-likeness (QED) is 0.214. The standard InChI is InChI=1S/C28H24F4N6O4/c1-15(18-11-33-25(34-12-18)28(30,31)32)37-24-20-9-17(16-3-5-19(29)6-4-16)10-21(23(20)35-14-36-24)42-13-22(39)38-27(7-8-27)26(40)41-2/h3-6,9-12,14-15H,7-8,13H2,1-2H3,(H,38,39)(H,35,36,37). The van der Waals surface area contributed by atoms with E-state index in [0.717, 1.165) is 12.4 Å². The van der Waals surface area contributed by atoms with Crippen molar-refractivity contribution in [2.75, 3.05) is 19.0 Å². The Bertz CT molecular complexity index is 1630. The summed E-state index contributed by atoms with van der Waals surface area (Å²) in [5, 5.41) is 6.25. The Labute approximate surface area is 236 Å². The summed E-state index contributed by atoms with van der Waals surface area (Å²) >= 11 is 0. The van der Waals surface area contributed by atoms with Gasteiger partial charge in [0.25, 0.3) is 5.91 Å². The van der Waals surface area contributed by atoms with Crippen molar-refractivity contribution in [1.82, 2.24) is 25.3 Å². The van der Waals surface area contributed by atoms with Gasteiger partial charge in [0.15, 0.2) is 6.61 Å². The maximum atomic E-state index is 13.6. The Morgan fingerprint density at radius 1 is 1.02 bits per heavy atom. The zero-order valence-electron chi connectivity index (χ0n) is 22.3. The van der Waals surface area contributed by atoms with Gasteiger partial charge in [-0.05, 0) is 55.2 Å². The maximum absolute atomic E-state index is 13.6. The van der Waals surface area contributed by atoms with Gasteiger partial charge in [0.1, 0.15) is 34.8 Å². The second-order valence-electron chi connectivity index (χ2n) is 9.71. The molecule has 218 valence electrons. The summed E-state index contributed by atoms with van der Waals surface area (Å²) < 4.78 is 62.9. The molecule has 42 heavy (non-hydrogen) atoms. The van der Waals surface area contributed by atoms with E-state index >= 15 is 0 Å². The predicted octanol–water partition coefficient (Wildman–Crippen LogP) is 4.62. The molecule has 0 aliphatic heterocycles. The van der Waals surface area contributed by atoms with E-state index in [0.29, 0.717) is 46.3 Å². The topological polar surface area (TPSA) is 128 Å². The minimum Gasteiger partial charge on any atom is -0.481 e. The number of ether oxygens (including phenoxy) is 2. The van der Waals surface area contributed by atoms with E-state index in [2.05, 4.69) is 30.6 Å². The maximum Gasteiger partial charge on any atom is 0.451 e. The van der Waals surface area contributed by atoms with Crippen molar-refractivity contribution in [2.45, 2.75) is 37.5 Å². The van der Waals surface area contributed by atoms with Crippen LogP contribution < -0.4 is 15.4 Å². The van der Waals surface area contributed by atoms with E-state index in [1.807, 2.05) is 0 Å². The molecular formula is C28H24F4N6O4. The number of amides is 1. The number of carbonyl (C=O) groups is 2. The number of aromatic nitrogens is 4. The molecule has 0 bridgehead atoms. The van der Waals surface area contributed by atoms with Crippen LogP contribution in [0.4, 0.5) is 23.4 Å². The van der Waals surface area contributed by atoms with Gasteiger partial charge in [-0.15, -0.1) is 0 Å². The van der Waals surface area contributed by atoms with Gasteiger partial charge in [-0.25, -0.2) is 29.1 Å². The SMILES string of the molecule is COC(=O)C1(NC(=O)COc2cc(-c3ccc(F)cc3)cc3c(NC(C)c4cnc(C(F)(F)F)nc4)ncnc23)CC1. The fourth-order valence-corrected chi connectivity index (χ4v) is 4.31. The Hall–Kier alpha value is -4.88. The zero-order chi connectivity index (χ0) is 30.1. The Balaban J connectivity index is 1.46. The van der Waals surface area contributed by atoms with Crippen LogP contribution in [-0.4, -0.2) is 51.1 Å². The van der Waals surface area contributed by atoms with Gasteiger partial charge in [0.2, 0.25) is 5.82 Å². The molecule has 10 nitrogen and oxygen atoms in total. The summed E-state index contributed by atoms with van der Waals surface area (Å²) in [6.07, 6.45) is -0.330. The molecule has 1 amide bonds. The highest BCUT2D eigenvalue weighted by atomic mass is 19.4. The van der Waals surface area contributed by atoms with Gasteiger partial charge >= 0.3 is 12.1 Å². The average Bonchev–Trinajstić information content (AvgIpc) is 3.76. The smallest absolute Gasteiger partial charge is 0.451 e. The lowest BCUT2D eigenvalue weighted by molar-refractivity contribution is -0.146. The minimum atomic E-state index is -4.67. The highest BCUT2D eigenvalue weighted by Gasteiger charge is 2.52. The molecule has 1 atom stereocenters. The number of methoxy groups -OCH3 is 1. The fourth-order valence-electron chi connectivity index (χ4n) is 4.31. The molecule has 5 rings (SSSR count). The molecule has 2 N–H and O–H groups in total.